The summed E-state index contributed by atoms with van der Waals surface area (Å²) in [5.74, 6) is 2.34. The molecule has 0 amide bonds. The first-order valence-electron chi connectivity index (χ1n) is 8.85. The molecule has 7 heteroatoms. The number of aromatic nitrogens is 6. The van der Waals surface area contributed by atoms with E-state index in [1.54, 1.807) is 6.20 Å². The smallest absolute Gasteiger partial charge is 0.178 e. The van der Waals surface area contributed by atoms with Gasteiger partial charge in [0.1, 0.15) is 5.82 Å². The molecule has 0 aliphatic heterocycles. The number of hydrogen-bond acceptors (Lipinski definition) is 5. The summed E-state index contributed by atoms with van der Waals surface area (Å²) < 4.78 is 3.93. The number of fused-ring (bicyclic) bond motifs is 1. The summed E-state index contributed by atoms with van der Waals surface area (Å²) in [7, 11) is 0. The fraction of sp³-hybridized carbons (Fsp3) is 0.263. The van der Waals surface area contributed by atoms with Crippen LogP contribution >= 0.6 is 0 Å². The molecule has 1 fully saturated rings. The summed E-state index contributed by atoms with van der Waals surface area (Å²) in [5.41, 5.74) is 3.28. The van der Waals surface area contributed by atoms with Crippen molar-refractivity contribution in [3.63, 3.8) is 0 Å². The van der Waals surface area contributed by atoms with Gasteiger partial charge in [-0.05, 0) is 36.1 Å². The van der Waals surface area contributed by atoms with Gasteiger partial charge in [-0.1, -0.05) is 24.3 Å². The van der Waals surface area contributed by atoms with E-state index in [0.29, 0.717) is 5.92 Å². The molecule has 130 valence electrons. The monoisotopic (exact) mass is 345 g/mol. The number of hydrogen-bond donors (Lipinski definition) is 1. The highest BCUT2D eigenvalue weighted by Crippen LogP contribution is 2.38. The van der Waals surface area contributed by atoms with E-state index in [0.717, 1.165) is 30.4 Å². The van der Waals surface area contributed by atoms with Crippen LogP contribution in [0.1, 0.15) is 35.7 Å². The van der Waals surface area contributed by atoms with E-state index >= 15 is 0 Å². The van der Waals surface area contributed by atoms with Crippen molar-refractivity contribution in [3.8, 4) is 0 Å². The SMILES string of the molecule is c1cn(Cc2ccc(CNc3ccc4nnc(C5CC5)n4n3)cc2)cn1. The molecule has 4 aromatic rings. The van der Waals surface area contributed by atoms with E-state index in [4.69, 9.17) is 0 Å². The fourth-order valence-corrected chi connectivity index (χ4v) is 3.04. The van der Waals surface area contributed by atoms with E-state index in [2.05, 4.69) is 54.4 Å². The Kier molecular flexibility index (Phi) is 3.62. The second-order valence-corrected chi connectivity index (χ2v) is 6.73. The van der Waals surface area contributed by atoms with Crippen LogP contribution in [-0.4, -0.2) is 29.4 Å². The van der Waals surface area contributed by atoms with Gasteiger partial charge in [-0.2, -0.15) is 4.52 Å². The third-order valence-electron chi connectivity index (χ3n) is 4.65. The van der Waals surface area contributed by atoms with E-state index in [1.807, 2.05) is 29.2 Å². The van der Waals surface area contributed by atoms with Gasteiger partial charge in [-0.25, -0.2) is 4.98 Å². The van der Waals surface area contributed by atoms with Crippen molar-refractivity contribution in [1.29, 1.82) is 0 Å². The molecule has 0 radical (unpaired) electrons. The lowest BCUT2D eigenvalue weighted by Crippen LogP contribution is -2.05. The van der Waals surface area contributed by atoms with Crippen LogP contribution in [0.4, 0.5) is 5.82 Å². The molecule has 5 rings (SSSR count). The zero-order valence-electron chi connectivity index (χ0n) is 14.3. The predicted molar refractivity (Wildman–Crippen MR) is 97.9 cm³/mol. The third kappa shape index (κ3) is 3.03. The lowest BCUT2D eigenvalue weighted by molar-refractivity contribution is 0.796. The molecule has 1 aliphatic carbocycles. The Morgan fingerprint density at radius 1 is 1.00 bits per heavy atom. The van der Waals surface area contributed by atoms with E-state index in [1.165, 1.54) is 24.0 Å². The number of anilines is 1. The molecule has 1 aliphatic rings. The average molecular weight is 345 g/mol. The Morgan fingerprint density at radius 2 is 1.85 bits per heavy atom. The summed E-state index contributed by atoms with van der Waals surface area (Å²) in [5, 5.41) is 16.5. The maximum atomic E-state index is 4.65. The maximum absolute atomic E-state index is 4.65. The molecular weight excluding hydrogens is 326 g/mol. The van der Waals surface area contributed by atoms with E-state index < -0.39 is 0 Å². The fourth-order valence-electron chi connectivity index (χ4n) is 3.04. The van der Waals surface area contributed by atoms with Gasteiger partial charge in [0.2, 0.25) is 0 Å². The standard InChI is InChI=1S/C19H19N7/c1-3-15(12-25-10-9-20-13-25)4-2-14(1)11-21-17-7-8-18-22-23-19(16-5-6-16)26(18)24-17/h1-4,7-10,13,16H,5-6,11-12H2,(H,21,24). The summed E-state index contributed by atoms with van der Waals surface area (Å²) in [4.78, 5) is 4.07. The van der Waals surface area contributed by atoms with Crippen molar-refractivity contribution in [1.82, 2.24) is 29.4 Å². The molecule has 0 saturated heterocycles. The Bertz CT molecular complexity index is 1010. The van der Waals surface area contributed by atoms with Crippen LogP contribution in [-0.2, 0) is 13.1 Å². The minimum Gasteiger partial charge on any atom is -0.365 e. The molecule has 0 atom stereocenters. The van der Waals surface area contributed by atoms with Crippen LogP contribution in [0, 0.1) is 0 Å². The van der Waals surface area contributed by atoms with Gasteiger partial charge in [0.15, 0.2) is 11.5 Å². The largest absolute Gasteiger partial charge is 0.365 e. The van der Waals surface area contributed by atoms with Crippen LogP contribution in [0.3, 0.4) is 0 Å². The summed E-state index contributed by atoms with van der Waals surface area (Å²) in [6.45, 7) is 1.56. The molecule has 0 bridgehead atoms. The van der Waals surface area contributed by atoms with Gasteiger partial charge in [0.05, 0.1) is 6.33 Å². The number of imidazole rings is 1. The van der Waals surface area contributed by atoms with Crippen molar-refractivity contribution >= 4 is 11.5 Å². The van der Waals surface area contributed by atoms with Gasteiger partial charge in [0, 0.05) is 31.4 Å². The van der Waals surface area contributed by atoms with Gasteiger partial charge < -0.3 is 9.88 Å². The highest BCUT2D eigenvalue weighted by atomic mass is 15.4. The Balaban J connectivity index is 1.27. The Labute approximate surface area is 150 Å². The number of nitrogens with zero attached hydrogens (tertiary/aromatic N) is 6. The molecule has 3 aromatic heterocycles. The average Bonchev–Trinajstić information content (AvgIpc) is 3.22. The first kappa shape index (κ1) is 15.1. The second kappa shape index (κ2) is 6.25. The number of benzene rings is 1. The molecule has 3 heterocycles. The first-order valence-corrected chi connectivity index (χ1v) is 8.85. The van der Waals surface area contributed by atoms with Crippen LogP contribution in [0.15, 0.2) is 55.1 Å². The summed E-state index contributed by atoms with van der Waals surface area (Å²) in [6.07, 6.45) is 7.97. The van der Waals surface area contributed by atoms with Crippen LogP contribution in [0.2, 0.25) is 0 Å². The van der Waals surface area contributed by atoms with Crippen molar-refractivity contribution < 1.29 is 0 Å². The Morgan fingerprint density at radius 3 is 2.62 bits per heavy atom. The highest BCUT2D eigenvalue weighted by molar-refractivity contribution is 5.45. The molecule has 7 nitrogen and oxygen atoms in total. The van der Waals surface area contributed by atoms with Crippen LogP contribution < -0.4 is 5.32 Å². The highest BCUT2D eigenvalue weighted by Gasteiger charge is 2.29. The quantitative estimate of drug-likeness (QED) is 0.582. The maximum Gasteiger partial charge on any atom is 0.178 e. The minimum absolute atomic E-state index is 0.524. The van der Waals surface area contributed by atoms with Crippen LogP contribution in [0.5, 0.6) is 0 Å². The summed E-state index contributed by atoms with van der Waals surface area (Å²) >= 11 is 0. The molecule has 0 spiro atoms. The molecule has 1 aromatic carbocycles. The molecule has 1 N–H and O–H groups in total. The lowest BCUT2D eigenvalue weighted by atomic mass is 10.1. The number of nitrogens with one attached hydrogen (secondary N) is 1. The normalized spacial score (nSPS) is 14.0. The van der Waals surface area contributed by atoms with Gasteiger partial charge in [0.25, 0.3) is 0 Å². The molecule has 1 saturated carbocycles. The minimum atomic E-state index is 0.524. The lowest BCUT2D eigenvalue weighted by Gasteiger charge is -2.08. The number of rotatable bonds is 6. The predicted octanol–water partition coefficient (Wildman–Crippen LogP) is 2.86. The second-order valence-electron chi connectivity index (χ2n) is 6.73. The first-order chi connectivity index (χ1) is 12.8. The summed E-state index contributed by atoms with van der Waals surface area (Å²) in [6, 6.07) is 12.5. The van der Waals surface area contributed by atoms with Gasteiger partial charge in [-0.3, -0.25) is 0 Å². The zero-order chi connectivity index (χ0) is 17.3. The van der Waals surface area contributed by atoms with E-state index in [9.17, 15) is 0 Å². The topological polar surface area (TPSA) is 72.9 Å². The molecule has 0 unspecified atom stereocenters. The Hall–Kier alpha value is -3.22. The van der Waals surface area contributed by atoms with Crippen molar-refractivity contribution in [2.45, 2.75) is 31.8 Å². The van der Waals surface area contributed by atoms with Gasteiger partial charge >= 0.3 is 0 Å². The van der Waals surface area contributed by atoms with Gasteiger partial charge in [-0.15, -0.1) is 15.3 Å². The molecular formula is C19H19N7. The van der Waals surface area contributed by atoms with E-state index in [-0.39, 0.29) is 0 Å². The third-order valence-corrected chi connectivity index (χ3v) is 4.65. The van der Waals surface area contributed by atoms with Crippen molar-refractivity contribution in [2.75, 3.05) is 5.32 Å². The van der Waals surface area contributed by atoms with Crippen LogP contribution in [0.25, 0.3) is 5.65 Å². The molecule has 26 heavy (non-hydrogen) atoms. The van der Waals surface area contributed by atoms with Crippen molar-refractivity contribution in [3.05, 3.63) is 72.1 Å². The van der Waals surface area contributed by atoms with Crippen molar-refractivity contribution in [2.24, 2.45) is 0 Å². The zero-order valence-corrected chi connectivity index (χ0v) is 14.3.